The number of nitrogen functional groups attached to an aromatic ring is 1. The van der Waals surface area contributed by atoms with Crippen molar-refractivity contribution in [2.45, 2.75) is 26.8 Å². The molecule has 1 amide bonds. The second-order valence-electron chi connectivity index (χ2n) is 5.51. The highest BCUT2D eigenvalue weighted by molar-refractivity contribution is 5.96. The molecule has 0 saturated heterocycles. The lowest BCUT2D eigenvalue weighted by Gasteiger charge is -2.13. The van der Waals surface area contributed by atoms with Crippen LogP contribution in [0.4, 0.5) is 17.1 Å². The molecule has 23 heavy (non-hydrogen) atoms. The maximum atomic E-state index is 12.0. The van der Waals surface area contributed by atoms with E-state index in [-0.39, 0.29) is 11.9 Å². The second kappa shape index (κ2) is 7.54. The van der Waals surface area contributed by atoms with Gasteiger partial charge in [-0.15, -0.1) is 0 Å². The minimum atomic E-state index is -0.126. The number of carbonyl (C=O) groups excluding carboxylic acids is 1. The molecule has 5 heteroatoms. The molecule has 0 aliphatic heterocycles. The second-order valence-corrected chi connectivity index (χ2v) is 5.51. The van der Waals surface area contributed by atoms with Crippen molar-refractivity contribution >= 4 is 23.0 Å². The van der Waals surface area contributed by atoms with Gasteiger partial charge < -0.3 is 21.1 Å². The number of hydrogen-bond acceptors (Lipinski definition) is 4. The van der Waals surface area contributed by atoms with Crippen molar-refractivity contribution in [3.63, 3.8) is 0 Å². The summed E-state index contributed by atoms with van der Waals surface area (Å²) in [6.45, 7) is 6.43. The molecule has 0 spiro atoms. The standard InChI is InChI=1S/C18H23N3O2/c1-4-23-15-8-6-14(7-9-15)21-17-10-5-13(11-16(17)19)18(22)20-12(2)3/h5-12,21H,4,19H2,1-3H3,(H,20,22). The molecule has 0 bridgehead atoms. The fraction of sp³-hybridized carbons (Fsp3) is 0.278. The molecule has 0 aliphatic rings. The van der Waals surface area contributed by atoms with Gasteiger partial charge in [-0.1, -0.05) is 0 Å². The molecule has 0 atom stereocenters. The third kappa shape index (κ3) is 4.64. The van der Waals surface area contributed by atoms with Gasteiger partial charge >= 0.3 is 0 Å². The third-order valence-electron chi connectivity index (χ3n) is 3.18. The molecule has 2 aromatic carbocycles. The minimum absolute atomic E-state index is 0.0883. The molecular weight excluding hydrogens is 290 g/mol. The van der Waals surface area contributed by atoms with Crippen molar-refractivity contribution in [2.24, 2.45) is 0 Å². The molecule has 0 fully saturated rings. The predicted molar refractivity (Wildman–Crippen MR) is 94.4 cm³/mol. The van der Waals surface area contributed by atoms with Crippen molar-refractivity contribution in [3.05, 3.63) is 48.0 Å². The monoisotopic (exact) mass is 313 g/mol. The lowest BCUT2D eigenvalue weighted by Crippen LogP contribution is -2.30. The molecule has 2 rings (SSSR count). The molecule has 4 N–H and O–H groups in total. The van der Waals surface area contributed by atoms with E-state index < -0.39 is 0 Å². The van der Waals surface area contributed by atoms with Crippen LogP contribution in [0.1, 0.15) is 31.1 Å². The lowest BCUT2D eigenvalue weighted by atomic mass is 10.1. The Bertz CT molecular complexity index is 666. The Balaban J connectivity index is 2.10. The zero-order valence-electron chi connectivity index (χ0n) is 13.7. The highest BCUT2D eigenvalue weighted by atomic mass is 16.5. The number of nitrogens with one attached hydrogen (secondary N) is 2. The van der Waals surface area contributed by atoms with E-state index in [1.165, 1.54) is 0 Å². The molecule has 0 heterocycles. The summed E-state index contributed by atoms with van der Waals surface area (Å²) >= 11 is 0. The Labute approximate surface area is 136 Å². The van der Waals surface area contributed by atoms with Gasteiger partial charge in [0.05, 0.1) is 18.0 Å². The van der Waals surface area contributed by atoms with Crippen molar-refractivity contribution in [3.8, 4) is 5.75 Å². The van der Waals surface area contributed by atoms with Crippen molar-refractivity contribution in [1.29, 1.82) is 0 Å². The SMILES string of the molecule is CCOc1ccc(Nc2ccc(C(=O)NC(C)C)cc2N)cc1. The average molecular weight is 313 g/mol. The van der Waals surface area contributed by atoms with Crippen LogP contribution in [0.25, 0.3) is 0 Å². The molecule has 2 aromatic rings. The van der Waals surface area contributed by atoms with Crippen LogP contribution in [0, 0.1) is 0 Å². The third-order valence-corrected chi connectivity index (χ3v) is 3.18. The molecule has 0 radical (unpaired) electrons. The quantitative estimate of drug-likeness (QED) is 0.713. The Morgan fingerprint density at radius 3 is 2.43 bits per heavy atom. The van der Waals surface area contributed by atoms with Gasteiger partial charge in [-0.2, -0.15) is 0 Å². The highest BCUT2D eigenvalue weighted by Crippen LogP contribution is 2.25. The topological polar surface area (TPSA) is 76.4 Å². The Hall–Kier alpha value is -2.69. The zero-order chi connectivity index (χ0) is 16.8. The van der Waals surface area contributed by atoms with E-state index in [0.717, 1.165) is 17.1 Å². The summed E-state index contributed by atoms with van der Waals surface area (Å²) in [4.78, 5) is 12.0. The summed E-state index contributed by atoms with van der Waals surface area (Å²) in [7, 11) is 0. The van der Waals surface area contributed by atoms with Gasteiger partial charge in [0, 0.05) is 17.3 Å². The highest BCUT2D eigenvalue weighted by Gasteiger charge is 2.09. The first-order valence-corrected chi connectivity index (χ1v) is 7.70. The van der Waals surface area contributed by atoms with Crippen molar-refractivity contribution < 1.29 is 9.53 Å². The van der Waals surface area contributed by atoms with E-state index in [4.69, 9.17) is 10.5 Å². The normalized spacial score (nSPS) is 10.4. The zero-order valence-corrected chi connectivity index (χ0v) is 13.7. The first kappa shape index (κ1) is 16.7. The van der Waals surface area contributed by atoms with Crippen molar-refractivity contribution in [2.75, 3.05) is 17.7 Å². The van der Waals surface area contributed by atoms with Gasteiger partial charge in [0.25, 0.3) is 5.91 Å². The van der Waals surface area contributed by atoms with Crippen LogP contribution in [0.2, 0.25) is 0 Å². The fourth-order valence-corrected chi connectivity index (χ4v) is 2.12. The number of rotatable bonds is 6. The maximum absolute atomic E-state index is 12.0. The van der Waals surface area contributed by atoms with E-state index in [1.807, 2.05) is 45.0 Å². The summed E-state index contributed by atoms with van der Waals surface area (Å²) in [5, 5.41) is 6.08. The Morgan fingerprint density at radius 1 is 1.17 bits per heavy atom. The van der Waals surface area contributed by atoms with Gasteiger partial charge in [-0.3, -0.25) is 4.79 Å². The first-order chi connectivity index (χ1) is 11.0. The van der Waals surface area contributed by atoms with Gasteiger partial charge in [0.15, 0.2) is 0 Å². The van der Waals surface area contributed by atoms with E-state index in [0.29, 0.717) is 17.9 Å². The van der Waals surface area contributed by atoms with E-state index in [9.17, 15) is 4.79 Å². The Kier molecular flexibility index (Phi) is 5.46. The van der Waals surface area contributed by atoms with Crippen LogP contribution in [0.3, 0.4) is 0 Å². The van der Waals surface area contributed by atoms with Gasteiger partial charge in [-0.25, -0.2) is 0 Å². The number of nitrogens with two attached hydrogens (primary N) is 1. The van der Waals surface area contributed by atoms with E-state index >= 15 is 0 Å². The summed E-state index contributed by atoms with van der Waals surface area (Å²) < 4.78 is 5.41. The maximum Gasteiger partial charge on any atom is 0.251 e. The van der Waals surface area contributed by atoms with E-state index in [1.54, 1.807) is 18.2 Å². The number of amides is 1. The smallest absolute Gasteiger partial charge is 0.251 e. The van der Waals surface area contributed by atoms with Gasteiger partial charge in [-0.05, 0) is 63.2 Å². The van der Waals surface area contributed by atoms with Crippen molar-refractivity contribution in [1.82, 2.24) is 5.32 Å². The molecule has 0 aliphatic carbocycles. The van der Waals surface area contributed by atoms with Gasteiger partial charge in [0.1, 0.15) is 5.75 Å². The van der Waals surface area contributed by atoms with Crippen LogP contribution < -0.4 is 21.1 Å². The summed E-state index contributed by atoms with van der Waals surface area (Å²) in [6.07, 6.45) is 0. The van der Waals surface area contributed by atoms with Crippen LogP contribution in [-0.4, -0.2) is 18.6 Å². The van der Waals surface area contributed by atoms with Crippen LogP contribution in [0.15, 0.2) is 42.5 Å². The van der Waals surface area contributed by atoms with Crippen LogP contribution in [-0.2, 0) is 0 Å². The number of hydrogen-bond donors (Lipinski definition) is 3. The van der Waals surface area contributed by atoms with Gasteiger partial charge in [0.2, 0.25) is 0 Å². The molecule has 0 unspecified atom stereocenters. The molecular formula is C18H23N3O2. The van der Waals surface area contributed by atoms with E-state index in [2.05, 4.69) is 10.6 Å². The Morgan fingerprint density at radius 2 is 1.87 bits per heavy atom. The largest absolute Gasteiger partial charge is 0.494 e. The number of ether oxygens (including phenoxy) is 1. The van der Waals surface area contributed by atoms with Crippen LogP contribution in [0.5, 0.6) is 5.75 Å². The molecule has 5 nitrogen and oxygen atoms in total. The molecule has 0 aromatic heterocycles. The van der Waals surface area contributed by atoms with Crippen LogP contribution >= 0.6 is 0 Å². The first-order valence-electron chi connectivity index (χ1n) is 7.70. The minimum Gasteiger partial charge on any atom is -0.494 e. The number of carbonyl (C=O) groups is 1. The average Bonchev–Trinajstić information content (AvgIpc) is 2.50. The lowest BCUT2D eigenvalue weighted by molar-refractivity contribution is 0.0943. The summed E-state index contributed by atoms with van der Waals surface area (Å²) in [5.41, 5.74) is 8.78. The number of benzene rings is 2. The molecule has 122 valence electrons. The summed E-state index contributed by atoms with van der Waals surface area (Å²) in [6, 6.07) is 13.0. The predicted octanol–water partition coefficient (Wildman–Crippen LogP) is 3.55. The summed E-state index contributed by atoms with van der Waals surface area (Å²) in [5.74, 6) is 0.700. The fourth-order valence-electron chi connectivity index (χ4n) is 2.12. The number of anilines is 3. The molecule has 0 saturated carbocycles.